The summed E-state index contributed by atoms with van der Waals surface area (Å²) in [5.41, 5.74) is 0.786. The molecule has 1 fully saturated rings. The number of carbonyl (C=O) groups is 1. The molecule has 128 valence electrons. The van der Waals surface area contributed by atoms with Gasteiger partial charge in [0.2, 0.25) is 0 Å². The number of nitrogens with zero attached hydrogens (tertiary/aromatic N) is 1. The van der Waals surface area contributed by atoms with Gasteiger partial charge in [0.05, 0.1) is 10.8 Å². The molecule has 0 saturated carbocycles. The van der Waals surface area contributed by atoms with E-state index in [1.807, 2.05) is 0 Å². The first-order chi connectivity index (χ1) is 10.5. The zero-order valence-electron chi connectivity index (χ0n) is 11.9. The minimum Gasteiger partial charge on any atom is -0.465 e. The Hall–Kier alpha value is -1.81. The van der Waals surface area contributed by atoms with Crippen LogP contribution < -0.4 is 0 Å². The number of benzene rings is 1. The Kier molecular flexibility index (Phi) is 4.58. The van der Waals surface area contributed by atoms with Crippen molar-refractivity contribution in [2.24, 2.45) is 5.92 Å². The number of likely N-dealkylation sites (tertiary alicyclic amines) is 1. The van der Waals surface area contributed by atoms with Crippen molar-refractivity contribution in [3.05, 3.63) is 29.8 Å². The van der Waals surface area contributed by atoms with Crippen LogP contribution in [0.2, 0.25) is 0 Å². The summed E-state index contributed by atoms with van der Waals surface area (Å²) in [6, 6.07) is 5.48. The zero-order valence-corrected chi connectivity index (χ0v) is 12.8. The molecule has 1 aliphatic heterocycles. The Bertz CT molecular complexity index is 687. The second-order valence-electron chi connectivity index (χ2n) is 5.23. The molecule has 1 amide bonds. The summed E-state index contributed by atoms with van der Waals surface area (Å²) in [5.74, 6) is -1.96. The van der Waals surface area contributed by atoms with E-state index < -0.39 is 47.5 Å². The molecule has 0 aromatic heterocycles. The van der Waals surface area contributed by atoms with Crippen LogP contribution in [-0.2, 0) is 14.3 Å². The third-order valence-electron chi connectivity index (χ3n) is 3.51. The highest BCUT2D eigenvalue weighted by Crippen LogP contribution is 2.37. The number of amides is 1. The molecule has 1 aliphatic rings. The van der Waals surface area contributed by atoms with E-state index in [1.54, 1.807) is 6.92 Å². The van der Waals surface area contributed by atoms with Crippen molar-refractivity contribution in [1.29, 1.82) is 0 Å². The highest BCUT2D eigenvalue weighted by Gasteiger charge is 2.50. The molecule has 1 saturated heterocycles. The molecular formula is C13H14F3NO5S. The number of rotatable bonds is 3. The predicted octanol–water partition coefficient (Wildman–Crippen LogP) is 2.59. The average molecular weight is 353 g/mol. The Balaban J connectivity index is 2.22. The number of hydrogen-bond donors (Lipinski definition) is 1. The van der Waals surface area contributed by atoms with E-state index >= 15 is 0 Å². The van der Waals surface area contributed by atoms with Gasteiger partial charge in [-0.3, -0.25) is 4.90 Å². The van der Waals surface area contributed by atoms with Gasteiger partial charge in [-0.15, -0.1) is 0 Å². The summed E-state index contributed by atoms with van der Waals surface area (Å²) in [6.07, 6.45) is -8.76. The van der Waals surface area contributed by atoms with Gasteiger partial charge < -0.3 is 5.11 Å². The minimum absolute atomic E-state index is 0.246. The summed E-state index contributed by atoms with van der Waals surface area (Å²) in [5, 5.41) is 8.95. The lowest BCUT2D eigenvalue weighted by atomic mass is 10.1. The quantitative estimate of drug-likeness (QED) is 0.845. The summed E-state index contributed by atoms with van der Waals surface area (Å²) < 4.78 is 67.2. The van der Waals surface area contributed by atoms with Crippen molar-refractivity contribution in [2.75, 3.05) is 6.54 Å². The number of halogens is 3. The van der Waals surface area contributed by atoms with E-state index in [4.69, 9.17) is 9.29 Å². The van der Waals surface area contributed by atoms with Gasteiger partial charge in [0.15, 0.2) is 6.23 Å². The van der Waals surface area contributed by atoms with Crippen molar-refractivity contribution in [3.63, 3.8) is 0 Å². The van der Waals surface area contributed by atoms with E-state index in [1.165, 1.54) is 24.3 Å². The van der Waals surface area contributed by atoms with Gasteiger partial charge in [0, 0.05) is 13.0 Å². The minimum atomic E-state index is -4.63. The largest absolute Gasteiger partial charge is 0.465 e. The fraction of sp³-hybridized carbons (Fsp3) is 0.462. The molecular weight excluding hydrogens is 339 g/mol. The van der Waals surface area contributed by atoms with Crippen LogP contribution in [0.15, 0.2) is 29.2 Å². The fourth-order valence-electron chi connectivity index (χ4n) is 2.24. The summed E-state index contributed by atoms with van der Waals surface area (Å²) in [6.45, 7) is 0.876. The van der Waals surface area contributed by atoms with E-state index in [-0.39, 0.29) is 4.90 Å². The molecule has 2 rings (SSSR count). The lowest BCUT2D eigenvalue weighted by Crippen LogP contribution is -2.37. The molecule has 2 atom stereocenters. The van der Waals surface area contributed by atoms with Crippen LogP contribution in [0.25, 0.3) is 0 Å². The van der Waals surface area contributed by atoms with Crippen LogP contribution in [0.1, 0.15) is 12.0 Å². The number of carboxylic acid groups (broad SMARTS) is 1. The van der Waals surface area contributed by atoms with Crippen LogP contribution in [0.5, 0.6) is 0 Å². The molecule has 1 aromatic rings. The van der Waals surface area contributed by atoms with Crippen molar-refractivity contribution in [1.82, 2.24) is 4.90 Å². The van der Waals surface area contributed by atoms with Crippen LogP contribution in [0.3, 0.4) is 0 Å². The number of alkyl halides is 3. The summed E-state index contributed by atoms with van der Waals surface area (Å²) in [7, 11) is -4.37. The highest BCUT2D eigenvalue weighted by molar-refractivity contribution is 7.86. The lowest BCUT2D eigenvalue weighted by molar-refractivity contribution is -0.170. The number of aryl methyl sites for hydroxylation is 1. The summed E-state index contributed by atoms with van der Waals surface area (Å²) >= 11 is 0. The zero-order chi connectivity index (χ0) is 17.4. The molecule has 0 radical (unpaired) electrons. The van der Waals surface area contributed by atoms with Gasteiger partial charge in [-0.2, -0.15) is 21.6 Å². The van der Waals surface area contributed by atoms with E-state index in [0.717, 1.165) is 5.56 Å². The second-order valence-corrected chi connectivity index (χ2v) is 6.80. The smallest absolute Gasteiger partial charge is 0.409 e. The fourth-order valence-corrected chi connectivity index (χ4v) is 3.29. The van der Waals surface area contributed by atoms with Gasteiger partial charge in [-0.05, 0) is 19.1 Å². The molecule has 6 nitrogen and oxygen atoms in total. The standard InChI is InChI=1S/C13H14F3NO5S/c1-8-2-4-10(5-3-8)23(20,21)22-11-6-9(13(14,15)16)7-17(11)12(18)19/h2-5,9,11H,6-7H2,1H3,(H,18,19). The predicted molar refractivity (Wildman–Crippen MR) is 72.1 cm³/mol. The molecule has 0 spiro atoms. The maximum atomic E-state index is 12.7. The van der Waals surface area contributed by atoms with Gasteiger partial charge in [-0.25, -0.2) is 8.98 Å². The van der Waals surface area contributed by atoms with Gasteiger partial charge >= 0.3 is 12.3 Å². The van der Waals surface area contributed by atoms with Gasteiger partial charge in [0.1, 0.15) is 0 Å². The lowest BCUT2D eigenvalue weighted by Gasteiger charge is -2.20. The first-order valence-corrected chi connectivity index (χ1v) is 7.98. The third kappa shape index (κ3) is 3.94. The number of hydrogen-bond acceptors (Lipinski definition) is 4. The normalized spacial score (nSPS) is 22.3. The first kappa shape index (κ1) is 17.5. The Labute approximate surface area is 130 Å². The van der Waals surface area contributed by atoms with Crippen LogP contribution >= 0.6 is 0 Å². The third-order valence-corrected chi connectivity index (χ3v) is 4.83. The van der Waals surface area contributed by atoms with E-state index in [9.17, 15) is 26.4 Å². The highest BCUT2D eigenvalue weighted by atomic mass is 32.2. The van der Waals surface area contributed by atoms with Crippen molar-refractivity contribution >= 4 is 16.2 Å². The Morgan fingerprint density at radius 2 is 1.87 bits per heavy atom. The topological polar surface area (TPSA) is 83.9 Å². The molecule has 1 N–H and O–H groups in total. The second kappa shape index (κ2) is 6.00. The first-order valence-electron chi connectivity index (χ1n) is 6.57. The van der Waals surface area contributed by atoms with E-state index in [0.29, 0.717) is 4.90 Å². The average Bonchev–Trinajstić information content (AvgIpc) is 2.82. The summed E-state index contributed by atoms with van der Waals surface area (Å²) in [4.78, 5) is 11.1. The molecule has 1 aromatic carbocycles. The Morgan fingerprint density at radius 3 is 2.35 bits per heavy atom. The maximum Gasteiger partial charge on any atom is 0.409 e. The van der Waals surface area contributed by atoms with Crippen molar-refractivity contribution in [3.8, 4) is 0 Å². The molecule has 23 heavy (non-hydrogen) atoms. The Morgan fingerprint density at radius 1 is 1.30 bits per heavy atom. The SMILES string of the molecule is Cc1ccc(S(=O)(=O)OC2CC(C(F)(F)F)CN2C(=O)O)cc1. The van der Waals surface area contributed by atoms with Gasteiger partial charge in [-0.1, -0.05) is 17.7 Å². The van der Waals surface area contributed by atoms with E-state index in [2.05, 4.69) is 0 Å². The molecule has 0 bridgehead atoms. The molecule has 1 heterocycles. The maximum absolute atomic E-state index is 12.7. The molecule has 0 aliphatic carbocycles. The van der Waals surface area contributed by atoms with Crippen LogP contribution in [-0.4, -0.2) is 43.5 Å². The monoisotopic (exact) mass is 353 g/mol. The van der Waals surface area contributed by atoms with Crippen molar-refractivity contribution < 1.29 is 35.7 Å². The van der Waals surface area contributed by atoms with Crippen LogP contribution in [0, 0.1) is 12.8 Å². The van der Waals surface area contributed by atoms with Crippen LogP contribution in [0.4, 0.5) is 18.0 Å². The van der Waals surface area contributed by atoms with Crippen molar-refractivity contribution in [2.45, 2.75) is 30.6 Å². The van der Waals surface area contributed by atoms with Gasteiger partial charge in [0.25, 0.3) is 10.1 Å². The molecule has 2 unspecified atom stereocenters. The molecule has 10 heteroatoms.